The summed E-state index contributed by atoms with van der Waals surface area (Å²) in [6.45, 7) is 3.99. The third kappa shape index (κ3) is 12.0. The van der Waals surface area contributed by atoms with Crippen LogP contribution >= 0.6 is 7.82 Å². The Labute approximate surface area is 226 Å². The second-order valence-corrected chi connectivity index (χ2v) is 11.5. The molecule has 0 aromatic heterocycles. The number of phosphoric acid groups is 1. The smallest absolute Gasteiger partial charge is 0.404 e. The highest BCUT2D eigenvalue weighted by Gasteiger charge is 2.28. The van der Waals surface area contributed by atoms with Crippen molar-refractivity contribution in [3.05, 3.63) is 29.8 Å². The molecule has 0 saturated heterocycles. The monoisotopic (exact) mass is 553 g/mol. The fourth-order valence-electron chi connectivity index (χ4n) is 4.92. The molecule has 4 N–H and O–H groups in total. The van der Waals surface area contributed by atoms with Gasteiger partial charge in [-0.2, -0.15) is 0 Å². The third-order valence-corrected chi connectivity index (χ3v) is 7.40. The topological polar surface area (TPSA) is 145 Å². The minimum Gasteiger partial charge on any atom is -0.404 e. The summed E-state index contributed by atoms with van der Waals surface area (Å²) in [5.74, 6) is -0.238. The Balaban J connectivity index is 2.01. The molecular weight excluding hydrogens is 509 g/mol. The predicted octanol–water partition coefficient (Wildman–Crippen LogP) is 3.70. The largest absolute Gasteiger partial charge is 0.524 e. The van der Waals surface area contributed by atoms with Gasteiger partial charge in [0.2, 0.25) is 17.7 Å². The Bertz CT molecular complexity index is 944. The Kier molecular flexibility index (Phi) is 13.3. The van der Waals surface area contributed by atoms with Crippen LogP contribution in [0.3, 0.4) is 0 Å². The van der Waals surface area contributed by atoms with E-state index in [-0.39, 0.29) is 24.0 Å². The van der Waals surface area contributed by atoms with E-state index >= 15 is 0 Å². The van der Waals surface area contributed by atoms with E-state index in [0.717, 1.165) is 31.6 Å². The number of phosphoric ester groups is 1. The molecule has 0 heterocycles. The first-order valence-corrected chi connectivity index (χ1v) is 15.2. The highest BCUT2D eigenvalue weighted by atomic mass is 31.2. The van der Waals surface area contributed by atoms with E-state index in [4.69, 9.17) is 9.79 Å². The van der Waals surface area contributed by atoms with Crippen molar-refractivity contribution in [2.45, 2.75) is 96.6 Å². The molecule has 1 fully saturated rings. The van der Waals surface area contributed by atoms with Gasteiger partial charge in [-0.1, -0.05) is 64.0 Å². The predicted molar refractivity (Wildman–Crippen MR) is 145 cm³/mol. The molecule has 0 spiro atoms. The third-order valence-electron chi connectivity index (χ3n) is 6.95. The molecule has 0 bridgehead atoms. The quantitative estimate of drug-likeness (QED) is 0.242. The number of hydrogen-bond donors (Lipinski definition) is 4. The fraction of sp³-hybridized carbons (Fsp3) is 0.667. The summed E-state index contributed by atoms with van der Waals surface area (Å²) in [6.07, 6.45) is 10.8. The summed E-state index contributed by atoms with van der Waals surface area (Å²) < 4.78 is 15.6. The van der Waals surface area contributed by atoms with E-state index in [1.54, 1.807) is 24.1 Å². The second-order valence-electron chi connectivity index (χ2n) is 10.3. The zero-order chi connectivity index (χ0) is 28.1. The number of nitrogens with one attached hydrogen (secondary N) is 2. The Morgan fingerprint density at radius 1 is 1.05 bits per heavy atom. The highest BCUT2D eigenvalue weighted by Crippen LogP contribution is 2.37. The second kappa shape index (κ2) is 15.9. The lowest BCUT2D eigenvalue weighted by molar-refractivity contribution is -0.136. The molecule has 1 aliphatic rings. The van der Waals surface area contributed by atoms with Gasteiger partial charge in [-0.25, -0.2) is 4.57 Å². The summed E-state index contributed by atoms with van der Waals surface area (Å²) in [7, 11) is -2.90. The number of rotatable bonds is 15. The molecule has 1 aliphatic carbocycles. The maximum absolute atomic E-state index is 13.3. The van der Waals surface area contributed by atoms with Crippen molar-refractivity contribution in [1.82, 2.24) is 15.5 Å². The van der Waals surface area contributed by atoms with E-state index < -0.39 is 25.8 Å². The van der Waals surface area contributed by atoms with Gasteiger partial charge in [-0.3, -0.25) is 24.2 Å². The standard InChI is InChI=1S/C27H44N3O7P/c1-4-5-13-24(27(33)30(3)18-9-12-21-10-7-6-8-11-21)29-26(32)25(28-20(2)31)19-22-14-16-23(17-15-22)37-38(34,35)36/h14-17,21,24-25H,4-13,18-19H2,1-3H3,(H,28,31)(H,29,32)(H2,34,35,36)/t24-,25+/m1/s1. The van der Waals surface area contributed by atoms with Gasteiger partial charge in [0, 0.05) is 26.9 Å². The molecule has 0 aliphatic heterocycles. The minimum absolute atomic E-state index is 0.0145. The summed E-state index contributed by atoms with van der Waals surface area (Å²) in [4.78, 5) is 57.9. The van der Waals surface area contributed by atoms with Crippen molar-refractivity contribution in [1.29, 1.82) is 0 Å². The molecule has 1 aromatic rings. The molecule has 214 valence electrons. The van der Waals surface area contributed by atoms with E-state index in [0.29, 0.717) is 18.5 Å². The average Bonchev–Trinajstić information content (AvgIpc) is 2.86. The summed E-state index contributed by atoms with van der Waals surface area (Å²) in [5.41, 5.74) is 0.647. The first kappa shape index (κ1) is 31.8. The number of hydrogen-bond acceptors (Lipinski definition) is 5. The van der Waals surface area contributed by atoms with Gasteiger partial charge in [-0.05, 0) is 42.9 Å². The molecule has 38 heavy (non-hydrogen) atoms. The van der Waals surface area contributed by atoms with E-state index in [9.17, 15) is 18.9 Å². The molecule has 1 aromatic carbocycles. The zero-order valence-corrected chi connectivity index (χ0v) is 23.8. The minimum atomic E-state index is -4.68. The van der Waals surface area contributed by atoms with Gasteiger partial charge in [-0.15, -0.1) is 0 Å². The van der Waals surface area contributed by atoms with Gasteiger partial charge in [0.25, 0.3) is 0 Å². The van der Waals surface area contributed by atoms with Crippen LogP contribution in [-0.2, 0) is 25.4 Å². The lowest BCUT2D eigenvalue weighted by Crippen LogP contribution is -2.54. The van der Waals surface area contributed by atoms with Crippen molar-refractivity contribution in [3.8, 4) is 5.75 Å². The van der Waals surface area contributed by atoms with Crippen LogP contribution < -0.4 is 15.2 Å². The molecule has 2 atom stereocenters. The van der Waals surface area contributed by atoms with Crippen LogP contribution in [0.25, 0.3) is 0 Å². The maximum atomic E-state index is 13.3. The van der Waals surface area contributed by atoms with Gasteiger partial charge in [0.15, 0.2) is 0 Å². The number of amides is 3. The molecule has 10 nitrogen and oxygen atoms in total. The van der Waals surface area contributed by atoms with Gasteiger partial charge >= 0.3 is 7.82 Å². The van der Waals surface area contributed by atoms with Crippen molar-refractivity contribution in [3.63, 3.8) is 0 Å². The molecule has 0 unspecified atom stereocenters. The van der Waals surface area contributed by atoms with Gasteiger partial charge in [0.05, 0.1) is 0 Å². The number of nitrogens with zero attached hydrogens (tertiary/aromatic N) is 1. The van der Waals surface area contributed by atoms with Crippen LogP contribution in [0.4, 0.5) is 0 Å². The SMILES string of the molecule is CCCC[C@@H](NC(=O)[C@H](Cc1ccc(OP(=O)(O)O)cc1)NC(C)=O)C(=O)N(C)CCCC1CCCCC1. The highest BCUT2D eigenvalue weighted by molar-refractivity contribution is 7.46. The average molecular weight is 554 g/mol. The maximum Gasteiger partial charge on any atom is 0.524 e. The number of carbonyl (C=O) groups is 3. The van der Waals surface area contributed by atoms with Crippen molar-refractivity contribution >= 4 is 25.5 Å². The first-order chi connectivity index (χ1) is 18.0. The van der Waals surface area contributed by atoms with Gasteiger partial charge < -0.3 is 20.1 Å². The zero-order valence-electron chi connectivity index (χ0n) is 22.9. The van der Waals surface area contributed by atoms with E-state index in [2.05, 4.69) is 15.2 Å². The van der Waals surface area contributed by atoms with Crippen LogP contribution in [0.1, 0.15) is 83.6 Å². The van der Waals surface area contributed by atoms with Crippen LogP contribution in [0.2, 0.25) is 0 Å². The van der Waals surface area contributed by atoms with Crippen LogP contribution in [0, 0.1) is 5.92 Å². The number of benzene rings is 1. The molecule has 2 rings (SSSR count). The van der Waals surface area contributed by atoms with Crippen LogP contribution in [0.5, 0.6) is 5.75 Å². The number of likely N-dealkylation sites (N-methyl/N-ethyl adjacent to an activating group) is 1. The lowest BCUT2D eigenvalue weighted by atomic mass is 9.86. The summed E-state index contributed by atoms with van der Waals surface area (Å²) >= 11 is 0. The van der Waals surface area contributed by atoms with E-state index in [1.165, 1.54) is 51.2 Å². The van der Waals surface area contributed by atoms with Crippen LogP contribution in [-0.4, -0.2) is 58.1 Å². The van der Waals surface area contributed by atoms with Crippen molar-refractivity contribution < 1.29 is 33.3 Å². The van der Waals surface area contributed by atoms with Crippen molar-refractivity contribution in [2.24, 2.45) is 5.92 Å². The van der Waals surface area contributed by atoms with Crippen LogP contribution in [0.15, 0.2) is 24.3 Å². The van der Waals surface area contributed by atoms with E-state index in [1.807, 2.05) is 6.92 Å². The van der Waals surface area contributed by atoms with Crippen molar-refractivity contribution in [2.75, 3.05) is 13.6 Å². The number of carbonyl (C=O) groups excluding carboxylic acids is 3. The Morgan fingerprint density at radius 2 is 1.71 bits per heavy atom. The number of unbranched alkanes of at least 4 members (excludes halogenated alkanes) is 1. The normalized spacial score (nSPS) is 15.8. The summed E-state index contributed by atoms with van der Waals surface area (Å²) in [5, 5.41) is 5.52. The summed E-state index contributed by atoms with van der Waals surface area (Å²) in [6, 6.07) is 4.28. The Morgan fingerprint density at radius 3 is 2.29 bits per heavy atom. The Hall–Kier alpha value is -2.42. The molecule has 0 radical (unpaired) electrons. The molecule has 11 heteroatoms. The molecular formula is C27H44N3O7P. The molecule has 1 saturated carbocycles. The fourth-order valence-corrected chi connectivity index (χ4v) is 5.32. The lowest BCUT2D eigenvalue weighted by Gasteiger charge is -2.27. The first-order valence-electron chi connectivity index (χ1n) is 13.6. The molecule has 3 amide bonds. The van der Waals surface area contributed by atoms with Gasteiger partial charge in [0.1, 0.15) is 17.8 Å².